The summed E-state index contributed by atoms with van der Waals surface area (Å²) in [5, 5.41) is 0. The molecule has 0 saturated heterocycles. The molecule has 5 heteroatoms. The molecule has 0 N–H and O–H groups in total. The summed E-state index contributed by atoms with van der Waals surface area (Å²) in [6, 6.07) is 15.6. The zero-order chi connectivity index (χ0) is 26.9. The largest absolute Gasteiger partial charge is 0.491 e. The lowest BCUT2D eigenvalue weighted by atomic mass is 9.79. The third-order valence-electron chi connectivity index (χ3n) is 7.65. The molecule has 1 aliphatic carbocycles. The topological polar surface area (TPSA) is 18.5 Å². The summed E-state index contributed by atoms with van der Waals surface area (Å²) in [6.45, 7) is 5.00. The molecule has 1 aliphatic rings. The first-order valence-corrected chi connectivity index (χ1v) is 14.1. The second kappa shape index (κ2) is 13.7. The van der Waals surface area contributed by atoms with Gasteiger partial charge in [0.15, 0.2) is 23.1 Å². The molecule has 0 amide bonds. The van der Waals surface area contributed by atoms with Crippen molar-refractivity contribution in [1.82, 2.24) is 0 Å². The van der Waals surface area contributed by atoms with Crippen molar-refractivity contribution in [1.29, 1.82) is 0 Å². The Labute approximate surface area is 225 Å². The van der Waals surface area contributed by atoms with Gasteiger partial charge < -0.3 is 9.47 Å². The van der Waals surface area contributed by atoms with Crippen LogP contribution in [0.2, 0.25) is 0 Å². The van der Waals surface area contributed by atoms with Gasteiger partial charge in [-0.15, -0.1) is 0 Å². The summed E-state index contributed by atoms with van der Waals surface area (Å²) in [5.41, 5.74) is 2.86. The average Bonchev–Trinajstić information content (AvgIpc) is 2.93. The van der Waals surface area contributed by atoms with Gasteiger partial charge in [-0.1, -0.05) is 88.8 Å². The third kappa shape index (κ3) is 7.33. The van der Waals surface area contributed by atoms with Crippen molar-refractivity contribution in [3.63, 3.8) is 0 Å². The summed E-state index contributed by atoms with van der Waals surface area (Å²) >= 11 is 0. The van der Waals surface area contributed by atoms with Gasteiger partial charge in [0.05, 0.1) is 6.61 Å². The second-order valence-electron chi connectivity index (χ2n) is 10.6. The zero-order valence-electron chi connectivity index (χ0n) is 22.6. The highest BCUT2D eigenvalue weighted by Crippen LogP contribution is 2.38. The van der Waals surface area contributed by atoms with Crippen LogP contribution in [0.1, 0.15) is 88.7 Å². The predicted octanol–water partition coefficient (Wildman–Crippen LogP) is 9.99. The molecule has 0 atom stereocenters. The summed E-state index contributed by atoms with van der Waals surface area (Å²) in [6.07, 6.45) is 9.48. The first-order valence-electron chi connectivity index (χ1n) is 14.1. The first-order chi connectivity index (χ1) is 18.5. The van der Waals surface area contributed by atoms with Crippen LogP contribution in [-0.4, -0.2) is 6.61 Å². The highest BCUT2D eigenvalue weighted by molar-refractivity contribution is 5.64. The summed E-state index contributed by atoms with van der Waals surface area (Å²) in [4.78, 5) is 0. The quantitative estimate of drug-likeness (QED) is 0.220. The maximum atomic E-state index is 14.8. The minimum atomic E-state index is -0.920. The van der Waals surface area contributed by atoms with Gasteiger partial charge in [0.1, 0.15) is 6.61 Å². The fraction of sp³-hybridized carbons (Fsp3) is 0.455. The minimum Gasteiger partial charge on any atom is -0.491 e. The Hall–Kier alpha value is -2.95. The number of halogens is 3. The average molecular weight is 525 g/mol. The van der Waals surface area contributed by atoms with E-state index in [1.807, 2.05) is 30.3 Å². The van der Waals surface area contributed by atoms with Crippen LogP contribution in [0.5, 0.6) is 11.5 Å². The van der Waals surface area contributed by atoms with Crippen LogP contribution >= 0.6 is 0 Å². The normalized spacial score (nSPS) is 17.4. The van der Waals surface area contributed by atoms with E-state index in [1.165, 1.54) is 31.4 Å². The maximum Gasteiger partial charge on any atom is 0.200 e. The molecular formula is C33H39F3O2. The van der Waals surface area contributed by atoms with Crippen LogP contribution in [0, 0.1) is 23.4 Å². The fourth-order valence-electron chi connectivity index (χ4n) is 5.18. The number of rotatable bonds is 12. The number of ether oxygens (including phenoxy) is 2. The standard InChI is InChI=1S/C33H39F3O2/c1-3-4-5-6-7-20-37-30-18-16-27(21-29(30)34)25-14-10-24(11-15-25)22-38-31-19-17-28(32(35)33(31)36)26-12-8-23(2)9-13-26/h10-11,14-19,21,23,26H,3-9,12-13,20,22H2,1-2H3. The van der Waals surface area contributed by atoms with Crippen molar-refractivity contribution in [2.24, 2.45) is 5.92 Å². The summed E-state index contributed by atoms with van der Waals surface area (Å²) in [7, 11) is 0. The Bertz CT molecular complexity index is 1170. The van der Waals surface area contributed by atoms with E-state index < -0.39 is 11.6 Å². The molecule has 0 heterocycles. The molecule has 38 heavy (non-hydrogen) atoms. The SMILES string of the molecule is CCCCCCCOc1ccc(-c2ccc(COc3ccc(C4CCC(C)CC4)c(F)c3F)cc2)cc1F. The van der Waals surface area contributed by atoms with Gasteiger partial charge in [0.2, 0.25) is 5.82 Å². The Morgan fingerprint density at radius 3 is 2.11 bits per heavy atom. The summed E-state index contributed by atoms with van der Waals surface area (Å²) < 4.78 is 55.4. The molecule has 1 saturated carbocycles. The van der Waals surface area contributed by atoms with E-state index >= 15 is 0 Å². The lowest BCUT2D eigenvalue weighted by Crippen LogP contribution is -2.13. The van der Waals surface area contributed by atoms with Gasteiger partial charge >= 0.3 is 0 Å². The van der Waals surface area contributed by atoms with Crippen LogP contribution in [0.3, 0.4) is 0 Å². The smallest absolute Gasteiger partial charge is 0.200 e. The molecular weight excluding hydrogens is 485 g/mol. The van der Waals surface area contributed by atoms with Crippen LogP contribution in [0.25, 0.3) is 11.1 Å². The number of unbranched alkanes of at least 4 members (excludes halogenated alkanes) is 4. The monoisotopic (exact) mass is 524 g/mol. The third-order valence-corrected chi connectivity index (χ3v) is 7.65. The Balaban J connectivity index is 1.31. The fourth-order valence-corrected chi connectivity index (χ4v) is 5.18. The van der Waals surface area contributed by atoms with Gasteiger partial charge in [-0.2, -0.15) is 4.39 Å². The zero-order valence-corrected chi connectivity index (χ0v) is 22.6. The molecule has 0 unspecified atom stereocenters. The van der Waals surface area contributed by atoms with Gasteiger partial charge in [-0.3, -0.25) is 0 Å². The van der Waals surface area contributed by atoms with Crippen molar-refractivity contribution < 1.29 is 22.6 Å². The number of benzene rings is 3. The van der Waals surface area contributed by atoms with Crippen LogP contribution < -0.4 is 9.47 Å². The van der Waals surface area contributed by atoms with E-state index in [4.69, 9.17) is 9.47 Å². The molecule has 0 aliphatic heterocycles. The van der Waals surface area contributed by atoms with Crippen molar-refractivity contribution >= 4 is 0 Å². The van der Waals surface area contributed by atoms with Crippen molar-refractivity contribution in [2.45, 2.75) is 84.2 Å². The number of hydrogen-bond donors (Lipinski definition) is 0. The highest BCUT2D eigenvalue weighted by atomic mass is 19.2. The maximum absolute atomic E-state index is 14.8. The molecule has 0 spiro atoms. The van der Waals surface area contributed by atoms with E-state index in [2.05, 4.69) is 13.8 Å². The van der Waals surface area contributed by atoms with E-state index in [0.29, 0.717) is 18.1 Å². The summed E-state index contributed by atoms with van der Waals surface area (Å²) in [5.74, 6) is -1.18. The van der Waals surface area contributed by atoms with Gasteiger partial charge in [-0.05, 0) is 71.6 Å². The molecule has 1 fully saturated rings. The van der Waals surface area contributed by atoms with Gasteiger partial charge in [0, 0.05) is 0 Å². The van der Waals surface area contributed by atoms with E-state index in [0.717, 1.165) is 55.2 Å². The first kappa shape index (κ1) is 28.1. The van der Waals surface area contributed by atoms with Crippen LogP contribution in [0.4, 0.5) is 13.2 Å². The molecule has 3 aromatic carbocycles. The lowest BCUT2D eigenvalue weighted by molar-refractivity contribution is 0.282. The highest BCUT2D eigenvalue weighted by Gasteiger charge is 2.25. The van der Waals surface area contributed by atoms with E-state index in [-0.39, 0.29) is 29.8 Å². The molecule has 0 aromatic heterocycles. The Morgan fingerprint density at radius 1 is 0.711 bits per heavy atom. The van der Waals surface area contributed by atoms with Crippen LogP contribution in [-0.2, 0) is 6.61 Å². The molecule has 4 rings (SSSR count). The molecule has 2 nitrogen and oxygen atoms in total. The lowest BCUT2D eigenvalue weighted by Gasteiger charge is -2.27. The van der Waals surface area contributed by atoms with Crippen molar-refractivity contribution in [3.8, 4) is 22.6 Å². The van der Waals surface area contributed by atoms with Gasteiger partial charge in [0.25, 0.3) is 0 Å². The van der Waals surface area contributed by atoms with Crippen LogP contribution in [0.15, 0.2) is 54.6 Å². The second-order valence-corrected chi connectivity index (χ2v) is 10.6. The predicted molar refractivity (Wildman–Crippen MR) is 147 cm³/mol. The Kier molecular flexibility index (Phi) is 10.1. The van der Waals surface area contributed by atoms with Gasteiger partial charge in [-0.25, -0.2) is 8.78 Å². The van der Waals surface area contributed by atoms with Crippen molar-refractivity contribution in [2.75, 3.05) is 6.61 Å². The molecule has 3 aromatic rings. The molecule has 0 bridgehead atoms. The van der Waals surface area contributed by atoms with E-state index in [9.17, 15) is 13.2 Å². The van der Waals surface area contributed by atoms with Crippen molar-refractivity contribution in [3.05, 3.63) is 83.2 Å². The van der Waals surface area contributed by atoms with E-state index in [1.54, 1.807) is 12.1 Å². The molecule has 204 valence electrons. The molecule has 0 radical (unpaired) electrons. The minimum absolute atomic E-state index is 0.0725. The Morgan fingerprint density at radius 2 is 1.39 bits per heavy atom. The number of hydrogen-bond acceptors (Lipinski definition) is 2.